The van der Waals surface area contributed by atoms with Gasteiger partial charge >= 0.3 is 0 Å². The molecule has 0 saturated heterocycles. The van der Waals surface area contributed by atoms with E-state index in [0.717, 1.165) is 11.1 Å². The van der Waals surface area contributed by atoms with Gasteiger partial charge in [0.1, 0.15) is 5.82 Å². The zero-order chi connectivity index (χ0) is 14.9. The molecule has 0 spiro atoms. The number of halogens is 2. The molecule has 0 radical (unpaired) electrons. The Bertz CT molecular complexity index is 686. The third kappa shape index (κ3) is 2.82. The van der Waals surface area contributed by atoms with E-state index in [0.29, 0.717) is 21.4 Å². The molecular weight excluding hydrogens is 323 g/mol. The second-order valence-corrected chi connectivity index (χ2v) is 5.40. The summed E-state index contributed by atoms with van der Waals surface area (Å²) in [5, 5.41) is 2.82. The Kier molecular flexibility index (Phi) is 4.09. The zero-order valence-corrected chi connectivity index (χ0v) is 12.7. The predicted molar refractivity (Wildman–Crippen MR) is 82.4 cm³/mol. The Labute approximate surface area is 125 Å². The van der Waals surface area contributed by atoms with Gasteiger partial charge in [-0.3, -0.25) is 4.79 Å². The van der Waals surface area contributed by atoms with Gasteiger partial charge in [0.15, 0.2) is 0 Å². The van der Waals surface area contributed by atoms with Crippen molar-refractivity contribution in [2.24, 2.45) is 0 Å². The van der Waals surface area contributed by atoms with Gasteiger partial charge in [0.25, 0.3) is 5.91 Å². The molecule has 0 aliphatic rings. The van der Waals surface area contributed by atoms with Gasteiger partial charge in [0, 0.05) is 15.8 Å². The minimum atomic E-state index is -0.398. The molecule has 0 aliphatic carbocycles. The van der Waals surface area contributed by atoms with Crippen LogP contribution in [0.5, 0.6) is 0 Å². The van der Waals surface area contributed by atoms with Gasteiger partial charge in [-0.05, 0) is 65.2 Å². The number of amides is 1. The van der Waals surface area contributed by atoms with E-state index in [1.807, 2.05) is 19.9 Å². The first-order valence-electron chi connectivity index (χ1n) is 6.02. The van der Waals surface area contributed by atoms with Crippen molar-refractivity contribution < 1.29 is 9.18 Å². The van der Waals surface area contributed by atoms with Crippen LogP contribution >= 0.6 is 15.9 Å². The number of nitrogens with two attached hydrogens (primary N) is 1. The van der Waals surface area contributed by atoms with Crippen LogP contribution in [-0.2, 0) is 0 Å². The third-order valence-corrected chi connectivity index (χ3v) is 3.79. The van der Waals surface area contributed by atoms with Crippen LogP contribution in [-0.4, -0.2) is 5.91 Å². The summed E-state index contributed by atoms with van der Waals surface area (Å²) >= 11 is 3.19. The smallest absolute Gasteiger partial charge is 0.256 e. The molecule has 0 heterocycles. The maximum absolute atomic E-state index is 13.0. The highest BCUT2D eigenvalue weighted by molar-refractivity contribution is 9.10. The van der Waals surface area contributed by atoms with Crippen molar-refractivity contribution in [2.45, 2.75) is 13.8 Å². The topological polar surface area (TPSA) is 55.1 Å². The average Bonchev–Trinajstić information content (AvgIpc) is 2.39. The summed E-state index contributed by atoms with van der Waals surface area (Å²) in [5.41, 5.74) is 9.25. The minimum Gasteiger partial charge on any atom is -0.398 e. The number of rotatable bonds is 2. The van der Waals surface area contributed by atoms with Gasteiger partial charge in [-0.25, -0.2) is 4.39 Å². The van der Waals surface area contributed by atoms with Crippen LogP contribution in [0.2, 0.25) is 0 Å². The summed E-state index contributed by atoms with van der Waals surface area (Å²) in [4.78, 5) is 12.3. The lowest BCUT2D eigenvalue weighted by Gasteiger charge is -2.14. The van der Waals surface area contributed by atoms with Crippen LogP contribution in [0.1, 0.15) is 21.5 Å². The molecule has 104 valence electrons. The summed E-state index contributed by atoms with van der Waals surface area (Å²) in [5.74, 6) is -0.710. The quantitative estimate of drug-likeness (QED) is 0.813. The molecular formula is C15H14BrFN2O. The zero-order valence-electron chi connectivity index (χ0n) is 11.1. The highest BCUT2D eigenvalue weighted by atomic mass is 79.9. The van der Waals surface area contributed by atoms with Crippen molar-refractivity contribution >= 4 is 33.2 Å². The number of nitrogen functional groups attached to an aromatic ring is 1. The molecule has 2 aromatic rings. The normalized spacial score (nSPS) is 10.4. The maximum Gasteiger partial charge on any atom is 0.256 e. The number of carbonyl (C=O) groups is 1. The first kappa shape index (κ1) is 14.5. The fourth-order valence-electron chi connectivity index (χ4n) is 1.91. The number of aryl methyl sites for hydroxylation is 1. The van der Waals surface area contributed by atoms with Gasteiger partial charge in [-0.1, -0.05) is 6.07 Å². The summed E-state index contributed by atoms with van der Waals surface area (Å²) < 4.78 is 13.5. The van der Waals surface area contributed by atoms with Crippen molar-refractivity contribution in [3.8, 4) is 0 Å². The van der Waals surface area contributed by atoms with Crippen molar-refractivity contribution in [1.82, 2.24) is 0 Å². The summed E-state index contributed by atoms with van der Waals surface area (Å²) in [6, 6.07) is 7.59. The molecule has 5 heteroatoms. The Morgan fingerprint density at radius 3 is 2.60 bits per heavy atom. The third-order valence-electron chi connectivity index (χ3n) is 3.13. The van der Waals surface area contributed by atoms with Crippen molar-refractivity contribution in [3.05, 3.63) is 57.3 Å². The van der Waals surface area contributed by atoms with Gasteiger partial charge < -0.3 is 11.1 Å². The van der Waals surface area contributed by atoms with E-state index in [1.165, 1.54) is 18.2 Å². The van der Waals surface area contributed by atoms with Gasteiger partial charge in [0.05, 0.1) is 5.56 Å². The molecule has 2 aromatic carbocycles. The maximum atomic E-state index is 13.0. The SMILES string of the molecule is Cc1ccc(N)c(C)c1NC(=O)c1ccc(F)cc1Br. The van der Waals surface area contributed by atoms with E-state index in [9.17, 15) is 9.18 Å². The molecule has 0 aromatic heterocycles. The summed E-state index contributed by atoms with van der Waals surface area (Å²) in [6.07, 6.45) is 0. The number of nitrogens with one attached hydrogen (secondary N) is 1. The number of carbonyl (C=O) groups excluding carboxylic acids is 1. The lowest BCUT2D eigenvalue weighted by Crippen LogP contribution is -2.15. The van der Waals surface area contributed by atoms with Gasteiger partial charge in [-0.2, -0.15) is 0 Å². The van der Waals surface area contributed by atoms with Crippen LogP contribution in [0, 0.1) is 19.7 Å². The van der Waals surface area contributed by atoms with E-state index in [-0.39, 0.29) is 5.91 Å². The molecule has 3 nitrogen and oxygen atoms in total. The van der Waals surface area contributed by atoms with E-state index < -0.39 is 5.82 Å². The molecule has 3 N–H and O–H groups in total. The first-order chi connectivity index (χ1) is 9.40. The highest BCUT2D eigenvalue weighted by Crippen LogP contribution is 2.27. The lowest BCUT2D eigenvalue weighted by molar-refractivity contribution is 0.102. The van der Waals surface area contributed by atoms with Crippen molar-refractivity contribution in [3.63, 3.8) is 0 Å². The van der Waals surface area contributed by atoms with E-state index in [2.05, 4.69) is 21.2 Å². The standard InChI is InChI=1S/C15H14BrFN2O/c1-8-3-6-13(18)9(2)14(8)19-15(20)11-5-4-10(17)7-12(11)16/h3-7H,18H2,1-2H3,(H,19,20). The number of benzene rings is 2. The molecule has 0 fully saturated rings. The molecule has 20 heavy (non-hydrogen) atoms. The molecule has 1 amide bonds. The fraction of sp³-hybridized carbons (Fsp3) is 0.133. The first-order valence-corrected chi connectivity index (χ1v) is 6.81. The monoisotopic (exact) mass is 336 g/mol. The van der Waals surface area contributed by atoms with Crippen LogP contribution < -0.4 is 11.1 Å². The average molecular weight is 337 g/mol. The molecule has 0 bridgehead atoms. The van der Waals surface area contributed by atoms with E-state index in [1.54, 1.807) is 6.07 Å². The second-order valence-electron chi connectivity index (χ2n) is 4.55. The molecule has 0 aliphatic heterocycles. The van der Waals surface area contributed by atoms with Crippen molar-refractivity contribution in [1.29, 1.82) is 0 Å². The van der Waals surface area contributed by atoms with Gasteiger partial charge in [-0.15, -0.1) is 0 Å². The predicted octanol–water partition coefficient (Wildman–Crippen LogP) is 4.04. The Balaban J connectivity index is 2.35. The van der Waals surface area contributed by atoms with Crippen LogP contribution in [0.3, 0.4) is 0 Å². The molecule has 0 atom stereocenters. The number of hydrogen-bond donors (Lipinski definition) is 2. The second kappa shape index (κ2) is 5.63. The summed E-state index contributed by atoms with van der Waals surface area (Å²) in [6.45, 7) is 3.74. The van der Waals surface area contributed by atoms with Gasteiger partial charge in [0.2, 0.25) is 0 Å². The fourth-order valence-corrected chi connectivity index (χ4v) is 2.44. The van der Waals surface area contributed by atoms with Crippen LogP contribution in [0.25, 0.3) is 0 Å². The summed E-state index contributed by atoms with van der Waals surface area (Å²) in [7, 11) is 0. The molecule has 0 saturated carbocycles. The lowest BCUT2D eigenvalue weighted by atomic mass is 10.1. The van der Waals surface area contributed by atoms with E-state index in [4.69, 9.17) is 5.73 Å². The number of hydrogen-bond acceptors (Lipinski definition) is 2. The van der Waals surface area contributed by atoms with E-state index >= 15 is 0 Å². The highest BCUT2D eigenvalue weighted by Gasteiger charge is 2.14. The molecule has 0 unspecified atom stereocenters. The largest absolute Gasteiger partial charge is 0.398 e. The Hall–Kier alpha value is -1.88. The molecule has 2 rings (SSSR count). The Morgan fingerprint density at radius 2 is 1.95 bits per heavy atom. The van der Waals surface area contributed by atoms with Crippen molar-refractivity contribution in [2.75, 3.05) is 11.1 Å². The number of anilines is 2. The Morgan fingerprint density at radius 1 is 1.25 bits per heavy atom. The van der Waals surface area contributed by atoms with Crippen LogP contribution in [0.4, 0.5) is 15.8 Å². The minimum absolute atomic E-state index is 0.311. The van der Waals surface area contributed by atoms with Crippen LogP contribution in [0.15, 0.2) is 34.8 Å².